The van der Waals surface area contributed by atoms with Crippen molar-refractivity contribution in [3.63, 3.8) is 0 Å². The van der Waals surface area contributed by atoms with E-state index in [4.69, 9.17) is 4.74 Å². The van der Waals surface area contributed by atoms with E-state index < -0.39 is 5.82 Å². The molecule has 8 heteroatoms. The van der Waals surface area contributed by atoms with Crippen LogP contribution in [0.4, 0.5) is 10.1 Å². The minimum Gasteiger partial charge on any atom is -0.378 e. The summed E-state index contributed by atoms with van der Waals surface area (Å²) in [6.07, 6.45) is 3.70. The van der Waals surface area contributed by atoms with Gasteiger partial charge in [0.1, 0.15) is 5.69 Å². The highest BCUT2D eigenvalue weighted by Gasteiger charge is 2.17. The van der Waals surface area contributed by atoms with Gasteiger partial charge in [0, 0.05) is 30.9 Å². The van der Waals surface area contributed by atoms with Crippen molar-refractivity contribution in [2.24, 2.45) is 0 Å². The molecule has 1 atom stereocenters. The fourth-order valence-electron chi connectivity index (χ4n) is 2.50. The lowest BCUT2D eigenvalue weighted by Gasteiger charge is -2.23. The maximum Gasteiger partial charge on any atom is 0.226 e. The second-order valence-corrected chi connectivity index (χ2v) is 5.61. The van der Waals surface area contributed by atoms with Crippen LogP contribution in [0.5, 0.6) is 0 Å². The van der Waals surface area contributed by atoms with Gasteiger partial charge in [-0.2, -0.15) is 5.10 Å². The van der Waals surface area contributed by atoms with Crippen molar-refractivity contribution in [2.45, 2.75) is 19.4 Å². The van der Waals surface area contributed by atoms with Gasteiger partial charge in [0.2, 0.25) is 5.91 Å². The zero-order chi connectivity index (χ0) is 16.2. The molecule has 0 saturated carbocycles. The molecule has 0 radical (unpaired) electrons. The maximum atomic E-state index is 14.2. The van der Waals surface area contributed by atoms with E-state index in [1.807, 2.05) is 6.92 Å². The molecule has 6 nitrogen and oxygen atoms in total. The van der Waals surface area contributed by atoms with Gasteiger partial charge >= 0.3 is 0 Å². The summed E-state index contributed by atoms with van der Waals surface area (Å²) in [6, 6.07) is 4.56. The van der Waals surface area contributed by atoms with Gasteiger partial charge in [-0.05, 0) is 30.7 Å². The van der Waals surface area contributed by atoms with Crippen molar-refractivity contribution in [2.75, 3.05) is 25.1 Å². The molecule has 1 saturated heterocycles. The fraction of sp³-hybridized carbons (Fsp3) is 0.375. The molecule has 1 unspecified atom stereocenters. The number of nitrogens with zero attached hydrogens (tertiary/aromatic N) is 2. The first-order chi connectivity index (χ1) is 11.1. The molecule has 2 N–H and O–H groups in total. The van der Waals surface area contributed by atoms with E-state index in [1.165, 1.54) is 10.7 Å². The van der Waals surface area contributed by atoms with Crippen molar-refractivity contribution in [3.05, 3.63) is 42.0 Å². The van der Waals surface area contributed by atoms with E-state index in [0.29, 0.717) is 31.0 Å². The number of hydrogen-bond acceptors (Lipinski definition) is 4. The SMILES string of the molecule is Cc1cnn(-c2ccc(NC(=O)CC3COCCN3)cc2F)c1.Cl. The second kappa shape index (κ2) is 8.23. The Morgan fingerprint density at radius 1 is 1.54 bits per heavy atom. The summed E-state index contributed by atoms with van der Waals surface area (Å²) in [4.78, 5) is 12.0. The van der Waals surface area contributed by atoms with Crippen LogP contribution in [0, 0.1) is 12.7 Å². The van der Waals surface area contributed by atoms with Crippen molar-refractivity contribution in [1.82, 2.24) is 15.1 Å². The highest BCUT2D eigenvalue weighted by atomic mass is 35.5. The first kappa shape index (κ1) is 18.4. The number of nitrogens with one attached hydrogen (secondary N) is 2. The van der Waals surface area contributed by atoms with Crippen LogP contribution in [0.1, 0.15) is 12.0 Å². The van der Waals surface area contributed by atoms with Gasteiger partial charge in [-0.3, -0.25) is 4.79 Å². The Balaban J connectivity index is 0.00000208. The topological polar surface area (TPSA) is 68.2 Å². The number of aryl methyl sites for hydroxylation is 1. The number of morpholine rings is 1. The lowest BCUT2D eigenvalue weighted by atomic mass is 10.2. The summed E-state index contributed by atoms with van der Waals surface area (Å²) < 4.78 is 21.0. The van der Waals surface area contributed by atoms with E-state index in [9.17, 15) is 9.18 Å². The van der Waals surface area contributed by atoms with Crippen LogP contribution in [-0.2, 0) is 9.53 Å². The van der Waals surface area contributed by atoms with Crippen LogP contribution in [0.25, 0.3) is 5.69 Å². The van der Waals surface area contributed by atoms with Gasteiger partial charge in [0.15, 0.2) is 5.82 Å². The zero-order valence-electron chi connectivity index (χ0n) is 13.3. The number of hydrogen-bond donors (Lipinski definition) is 2. The van der Waals surface area contributed by atoms with E-state index in [0.717, 1.165) is 12.1 Å². The Morgan fingerprint density at radius 3 is 3.00 bits per heavy atom. The number of rotatable bonds is 4. The van der Waals surface area contributed by atoms with Gasteiger partial charge in [-0.25, -0.2) is 9.07 Å². The van der Waals surface area contributed by atoms with Crippen LogP contribution in [0.2, 0.25) is 0 Å². The number of benzene rings is 1. The molecule has 0 bridgehead atoms. The van der Waals surface area contributed by atoms with Crippen molar-refractivity contribution < 1.29 is 13.9 Å². The molecule has 3 rings (SSSR count). The Labute approximate surface area is 145 Å². The van der Waals surface area contributed by atoms with Gasteiger partial charge in [-0.15, -0.1) is 12.4 Å². The number of halogens is 2. The van der Waals surface area contributed by atoms with Crippen molar-refractivity contribution in [1.29, 1.82) is 0 Å². The molecule has 2 aromatic rings. The molecule has 130 valence electrons. The second-order valence-electron chi connectivity index (χ2n) is 5.61. The number of carbonyl (C=O) groups excluding carboxylic acids is 1. The minimum atomic E-state index is -0.440. The lowest BCUT2D eigenvalue weighted by molar-refractivity contribution is -0.117. The average molecular weight is 355 g/mol. The number of aromatic nitrogens is 2. The molecule has 1 aliphatic rings. The first-order valence-electron chi connectivity index (χ1n) is 7.54. The Kier molecular flexibility index (Phi) is 6.30. The number of ether oxygens (including phenoxy) is 1. The Bertz CT molecular complexity index is 701. The van der Waals surface area contributed by atoms with Gasteiger partial charge < -0.3 is 15.4 Å². The Hall–Kier alpha value is -1.96. The number of anilines is 1. The monoisotopic (exact) mass is 354 g/mol. The standard InChI is InChI=1S/C16H19FN4O2.ClH/c1-11-8-19-21(9-11)15-3-2-12(6-14(15)17)20-16(22)7-13-10-23-5-4-18-13;/h2-3,6,8-9,13,18H,4-5,7,10H2,1H3,(H,20,22);1H. The summed E-state index contributed by atoms with van der Waals surface area (Å²) in [6.45, 7) is 3.81. The predicted molar refractivity (Wildman–Crippen MR) is 91.4 cm³/mol. The molecule has 24 heavy (non-hydrogen) atoms. The average Bonchev–Trinajstić information content (AvgIpc) is 2.94. The Morgan fingerprint density at radius 2 is 2.38 bits per heavy atom. The highest BCUT2D eigenvalue weighted by molar-refractivity contribution is 5.91. The molecule has 0 aliphatic carbocycles. The molecular weight excluding hydrogens is 335 g/mol. The van der Waals surface area contributed by atoms with Crippen LogP contribution >= 0.6 is 12.4 Å². The maximum absolute atomic E-state index is 14.2. The normalized spacial score (nSPS) is 17.2. The quantitative estimate of drug-likeness (QED) is 0.882. The molecule has 1 aromatic heterocycles. The van der Waals surface area contributed by atoms with E-state index >= 15 is 0 Å². The number of amides is 1. The summed E-state index contributed by atoms with van der Waals surface area (Å²) in [5.74, 6) is -0.611. The molecule has 2 heterocycles. The van der Waals surface area contributed by atoms with Crippen molar-refractivity contribution >= 4 is 24.0 Å². The molecular formula is C16H20ClFN4O2. The van der Waals surface area contributed by atoms with E-state index in [2.05, 4.69) is 15.7 Å². The van der Waals surface area contributed by atoms with Crippen LogP contribution in [-0.4, -0.2) is 41.5 Å². The molecule has 1 aromatic carbocycles. The van der Waals surface area contributed by atoms with Gasteiger partial charge in [-0.1, -0.05) is 0 Å². The highest BCUT2D eigenvalue weighted by Crippen LogP contribution is 2.18. The third kappa shape index (κ3) is 4.53. The first-order valence-corrected chi connectivity index (χ1v) is 7.54. The molecule has 1 fully saturated rings. The van der Waals surface area contributed by atoms with Crippen LogP contribution in [0.15, 0.2) is 30.6 Å². The summed E-state index contributed by atoms with van der Waals surface area (Å²) in [5, 5.41) is 10.0. The molecule has 0 spiro atoms. The summed E-state index contributed by atoms with van der Waals surface area (Å²) in [7, 11) is 0. The third-order valence-corrected chi connectivity index (χ3v) is 3.62. The minimum absolute atomic E-state index is 0. The lowest BCUT2D eigenvalue weighted by Crippen LogP contribution is -2.43. The predicted octanol–water partition coefficient (Wildman–Crippen LogP) is 2.06. The summed E-state index contributed by atoms with van der Waals surface area (Å²) in [5.41, 5.74) is 1.72. The van der Waals surface area contributed by atoms with Crippen molar-refractivity contribution in [3.8, 4) is 5.69 Å². The molecule has 1 amide bonds. The van der Waals surface area contributed by atoms with E-state index in [1.54, 1.807) is 24.5 Å². The molecule has 1 aliphatic heterocycles. The van der Waals surface area contributed by atoms with Gasteiger partial charge in [0.05, 0.1) is 19.4 Å². The zero-order valence-corrected chi connectivity index (χ0v) is 14.1. The van der Waals surface area contributed by atoms with Gasteiger partial charge in [0.25, 0.3) is 0 Å². The third-order valence-electron chi connectivity index (χ3n) is 3.62. The number of carbonyl (C=O) groups is 1. The largest absolute Gasteiger partial charge is 0.378 e. The van der Waals surface area contributed by atoms with E-state index in [-0.39, 0.29) is 24.4 Å². The van der Waals surface area contributed by atoms with Crippen LogP contribution in [0.3, 0.4) is 0 Å². The smallest absolute Gasteiger partial charge is 0.226 e. The van der Waals surface area contributed by atoms with Crippen LogP contribution < -0.4 is 10.6 Å². The fourth-order valence-corrected chi connectivity index (χ4v) is 2.50. The summed E-state index contributed by atoms with van der Waals surface area (Å²) >= 11 is 0.